The van der Waals surface area contributed by atoms with Crippen molar-refractivity contribution in [1.82, 2.24) is 10.2 Å². The molecule has 0 spiro atoms. The number of carboxylic acid groups (broad SMARTS) is 1. The van der Waals surface area contributed by atoms with Gasteiger partial charge in [0.15, 0.2) is 0 Å². The number of hydrogen-bond acceptors (Lipinski definition) is 3. The van der Waals surface area contributed by atoms with E-state index >= 15 is 0 Å². The zero-order chi connectivity index (χ0) is 17.3. The summed E-state index contributed by atoms with van der Waals surface area (Å²) in [4.78, 5) is 25.2. The van der Waals surface area contributed by atoms with Gasteiger partial charge in [0.2, 0.25) is 0 Å². The molecule has 1 saturated heterocycles. The van der Waals surface area contributed by atoms with Crippen LogP contribution < -0.4 is 5.32 Å². The molecule has 0 radical (unpaired) electrons. The fourth-order valence-corrected chi connectivity index (χ4v) is 4.00. The summed E-state index contributed by atoms with van der Waals surface area (Å²) in [5.74, 6) is 0. The average Bonchev–Trinajstić information content (AvgIpc) is 2.77. The van der Waals surface area contributed by atoms with Gasteiger partial charge in [-0.1, -0.05) is 30.3 Å². The van der Waals surface area contributed by atoms with E-state index in [0.29, 0.717) is 0 Å². The van der Waals surface area contributed by atoms with Gasteiger partial charge in [-0.25, -0.2) is 9.59 Å². The van der Waals surface area contributed by atoms with Crippen molar-refractivity contribution in [2.75, 3.05) is 0 Å². The summed E-state index contributed by atoms with van der Waals surface area (Å²) >= 11 is 0. The zero-order valence-electron chi connectivity index (χ0n) is 14.1. The van der Waals surface area contributed by atoms with E-state index in [2.05, 4.69) is 5.32 Å². The van der Waals surface area contributed by atoms with E-state index in [1.807, 2.05) is 49.1 Å². The molecule has 2 amide bonds. The predicted octanol–water partition coefficient (Wildman–Crippen LogP) is 3.54. The Bertz CT molecular complexity index is 609. The molecule has 2 N–H and O–H groups in total. The Morgan fingerprint density at radius 3 is 2.42 bits per heavy atom. The third kappa shape index (κ3) is 3.18. The van der Waals surface area contributed by atoms with E-state index in [4.69, 9.17) is 9.84 Å². The number of benzene rings is 1. The fraction of sp³-hybridized carbons (Fsp3) is 0.556. The molecule has 1 aromatic rings. The van der Waals surface area contributed by atoms with Gasteiger partial charge in [-0.2, -0.15) is 0 Å². The third-order valence-corrected chi connectivity index (χ3v) is 5.03. The van der Waals surface area contributed by atoms with Gasteiger partial charge in [0.1, 0.15) is 5.60 Å². The topological polar surface area (TPSA) is 78.9 Å². The summed E-state index contributed by atoms with van der Waals surface area (Å²) in [6.07, 6.45) is 1.77. The molecule has 130 valence electrons. The van der Waals surface area contributed by atoms with Crippen molar-refractivity contribution in [1.29, 1.82) is 0 Å². The normalized spacial score (nSPS) is 29.2. The Kier molecular flexibility index (Phi) is 4.39. The van der Waals surface area contributed by atoms with Crippen molar-refractivity contribution >= 4 is 12.2 Å². The lowest BCUT2D eigenvalue weighted by atomic mass is 9.86. The van der Waals surface area contributed by atoms with Crippen molar-refractivity contribution in [3.8, 4) is 0 Å². The molecule has 0 unspecified atom stereocenters. The number of rotatable bonds is 3. The molecule has 6 nitrogen and oxygen atoms in total. The van der Waals surface area contributed by atoms with Gasteiger partial charge in [-0.05, 0) is 45.1 Å². The van der Waals surface area contributed by atoms with Crippen LogP contribution in [0.4, 0.5) is 9.59 Å². The highest BCUT2D eigenvalue weighted by Crippen LogP contribution is 2.44. The van der Waals surface area contributed by atoms with Gasteiger partial charge in [-0.15, -0.1) is 0 Å². The molecule has 1 atom stereocenters. The molecule has 1 aliphatic heterocycles. The smallest absolute Gasteiger partial charge is 0.411 e. The minimum Gasteiger partial charge on any atom is -0.465 e. The summed E-state index contributed by atoms with van der Waals surface area (Å²) in [6.45, 7) is 3.89. The molecule has 0 aromatic heterocycles. The second-order valence-electron chi connectivity index (χ2n) is 7.15. The number of amides is 2. The fourth-order valence-electron chi connectivity index (χ4n) is 4.00. The van der Waals surface area contributed by atoms with Crippen LogP contribution in [0, 0.1) is 0 Å². The monoisotopic (exact) mass is 332 g/mol. The first-order valence-corrected chi connectivity index (χ1v) is 8.44. The lowest BCUT2D eigenvalue weighted by Crippen LogP contribution is -2.46. The maximum atomic E-state index is 12.5. The number of cyclic esters (lactones) is 1. The van der Waals surface area contributed by atoms with Gasteiger partial charge >= 0.3 is 12.2 Å². The van der Waals surface area contributed by atoms with E-state index in [0.717, 1.165) is 31.2 Å². The molecule has 6 heteroatoms. The van der Waals surface area contributed by atoms with E-state index in [-0.39, 0.29) is 24.2 Å². The lowest BCUT2D eigenvalue weighted by molar-refractivity contribution is 0.0663. The number of hydrogen-bond donors (Lipinski definition) is 2. The highest BCUT2D eigenvalue weighted by Gasteiger charge is 2.51. The van der Waals surface area contributed by atoms with Crippen LogP contribution in [0.2, 0.25) is 0 Å². The summed E-state index contributed by atoms with van der Waals surface area (Å²) < 4.78 is 5.65. The molecular weight excluding hydrogens is 308 g/mol. The molecular formula is C18H24N2O4. The van der Waals surface area contributed by atoms with Crippen LogP contribution in [0.3, 0.4) is 0 Å². The van der Waals surface area contributed by atoms with Crippen molar-refractivity contribution in [2.45, 2.75) is 63.3 Å². The molecule has 1 aromatic carbocycles. The SMILES string of the molecule is CC1(C)OC(=O)N([C@H]2CC[C@H](NC(=O)O)CC2)[C@H]1c1ccccc1. The van der Waals surface area contributed by atoms with Crippen LogP contribution in [0.15, 0.2) is 30.3 Å². The van der Waals surface area contributed by atoms with Crippen molar-refractivity contribution in [3.05, 3.63) is 35.9 Å². The molecule has 24 heavy (non-hydrogen) atoms. The molecule has 3 rings (SSSR count). The maximum Gasteiger partial charge on any atom is 0.411 e. The maximum absolute atomic E-state index is 12.5. The Morgan fingerprint density at radius 1 is 1.21 bits per heavy atom. The Balaban J connectivity index is 1.78. The van der Waals surface area contributed by atoms with Gasteiger partial charge in [0.25, 0.3) is 0 Å². The Hall–Kier alpha value is -2.24. The van der Waals surface area contributed by atoms with Crippen LogP contribution in [0.25, 0.3) is 0 Å². The Labute approximate surface area is 141 Å². The summed E-state index contributed by atoms with van der Waals surface area (Å²) in [5.41, 5.74) is 0.480. The van der Waals surface area contributed by atoms with Crippen LogP contribution in [0.1, 0.15) is 51.1 Å². The molecule has 1 aliphatic carbocycles. The standard InChI is InChI=1S/C18H24N2O4/c1-18(2)15(12-6-4-3-5-7-12)20(17(23)24-18)14-10-8-13(9-11-14)19-16(21)22/h3-7,13-15,19H,8-11H2,1-2H3,(H,21,22)/t13-,14-,15-/m0/s1. The number of carbonyl (C=O) groups excluding carboxylic acids is 1. The van der Waals surface area contributed by atoms with Crippen LogP contribution in [0.5, 0.6) is 0 Å². The highest BCUT2D eigenvalue weighted by molar-refractivity contribution is 5.72. The summed E-state index contributed by atoms with van der Waals surface area (Å²) in [6, 6.07) is 9.89. The number of carbonyl (C=O) groups is 2. The molecule has 1 heterocycles. The van der Waals surface area contributed by atoms with Crippen LogP contribution in [-0.2, 0) is 4.74 Å². The first-order valence-electron chi connectivity index (χ1n) is 8.44. The third-order valence-electron chi connectivity index (χ3n) is 5.03. The van der Waals surface area contributed by atoms with Crippen LogP contribution in [-0.4, -0.2) is 39.9 Å². The number of nitrogens with zero attached hydrogens (tertiary/aromatic N) is 1. The molecule has 0 bridgehead atoms. The van der Waals surface area contributed by atoms with Gasteiger partial charge in [0.05, 0.1) is 6.04 Å². The van der Waals surface area contributed by atoms with E-state index in [1.165, 1.54) is 0 Å². The van der Waals surface area contributed by atoms with Gasteiger partial charge in [-0.3, -0.25) is 4.90 Å². The number of ether oxygens (including phenoxy) is 1. The first-order chi connectivity index (χ1) is 11.4. The Morgan fingerprint density at radius 2 is 1.83 bits per heavy atom. The van der Waals surface area contributed by atoms with Crippen LogP contribution >= 0.6 is 0 Å². The first kappa shape index (κ1) is 16.6. The quantitative estimate of drug-likeness (QED) is 0.887. The zero-order valence-corrected chi connectivity index (χ0v) is 14.1. The summed E-state index contributed by atoms with van der Waals surface area (Å²) in [5, 5.41) is 11.4. The molecule has 2 fully saturated rings. The van der Waals surface area contributed by atoms with E-state index in [9.17, 15) is 9.59 Å². The predicted molar refractivity (Wildman–Crippen MR) is 88.8 cm³/mol. The van der Waals surface area contributed by atoms with Crippen molar-refractivity contribution in [3.63, 3.8) is 0 Å². The van der Waals surface area contributed by atoms with Crippen molar-refractivity contribution in [2.24, 2.45) is 0 Å². The number of nitrogens with one attached hydrogen (secondary N) is 1. The highest BCUT2D eigenvalue weighted by atomic mass is 16.6. The van der Waals surface area contributed by atoms with E-state index in [1.54, 1.807) is 0 Å². The van der Waals surface area contributed by atoms with Gasteiger partial charge < -0.3 is 15.2 Å². The average molecular weight is 332 g/mol. The summed E-state index contributed by atoms with van der Waals surface area (Å²) in [7, 11) is 0. The molecule has 2 aliphatic rings. The van der Waals surface area contributed by atoms with Gasteiger partial charge in [0, 0.05) is 12.1 Å². The minimum atomic E-state index is -0.984. The minimum absolute atomic E-state index is 0.0273. The second-order valence-corrected chi connectivity index (χ2v) is 7.15. The second kappa shape index (κ2) is 6.34. The lowest BCUT2D eigenvalue weighted by Gasteiger charge is -2.38. The largest absolute Gasteiger partial charge is 0.465 e. The van der Waals surface area contributed by atoms with E-state index < -0.39 is 11.7 Å². The molecule has 1 saturated carbocycles. The van der Waals surface area contributed by atoms with Crippen molar-refractivity contribution < 1.29 is 19.4 Å².